The Labute approximate surface area is 308 Å². The van der Waals surface area contributed by atoms with Gasteiger partial charge in [0.1, 0.15) is 0 Å². The van der Waals surface area contributed by atoms with E-state index in [1.54, 1.807) is 0 Å². The van der Waals surface area contributed by atoms with Gasteiger partial charge in [-0.1, -0.05) is 116 Å². The lowest BCUT2D eigenvalue weighted by molar-refractivity contribution is 0.764. The minimum absolute atomic E-state index is 0.310. The monoisotopic (exact) mass is 701 g/mol. The number of allylic oxidation sites excluding steroid dienone is 4. The predicted molar refractivity (Wildman–Crippen MR) is 224 cm³/mol. The maximum atomic E-state index is 5.27. The van der Waals surface area contributed by atoms with Gasteiger partial charge >= 0.3 is 0 Å². The van der Waals surface area contributed by atoms with Gasteiger partial charge in [-0.25, -0.2) is 9.97 Å². The fraction of sp³-hybridized carbons (Fsp3) is 0.0638. The second-order valence-corrected chi connectivity index (χ2v) is 15.9. The normalized spacial score (nSPS) is 15.0. The molecule has 246 valence electrons. The molecule has 1 aliphatic carbocycles. The summed E-state index contributed by atoms with van der Waals surface area (Å²) >= 11 is 3.77. The molecule has 10 aromatic rings. The van der Waals surface area contributed by atoms with Crippen LogP contribution >= 0.6 is 22.7 Å². The van der Waals surface area contributed by atoms with Crippen molar-refractivity contribution in [3.63, 3.8) is 0 Å². The summed E-state index contributed by atoms with van der Waals surface area (Å²) in [4.78, 5) is 10.1. The minimum Gasteiger partial charge on any atom is -0.278 e. The van der Waals surface area contributed by atoms with Gasteiger partial charge in [-0.2, -0.15) is 0 Å². The zero-order chi connectivity index (χ0) is 34.3. The molecule has 0 spiro atoms. The van der Waals surface area contributed by atoms with Crippen LogP contribution in [-0.4, -0.2) is 14.5 Å². The second-order valence-electron chi connectivity index (χ2n) is 13.8. The molecule has 11 rings (SSSR count). The van der Waals surface area contributed by atoms with Gasteiger partial charge in [-0.3, -0.25) is 4.57 Å². The first-order valence-corrected chi connectivity index (χ1v) is 19.4. The molecule has 3 nitrogen and oxygen atoms in total. The Balaban J connectivity index is 1.01. The molecular formula is C47H31N3S2. The molecule has 0 aliphatic heterocycles. The van der Waals surface area contributed by atoms with Crippen molar-refractivity contribution in [3.8, 4) is 17.1 Å². The molecule has 0 amide bonds. The van der Waals surface area contributed by atoms with E-state index in [0.29, 0.717) is 11.9 Å². The molecule has 0 N–H and O–H groups in total. The summed E-state index contributed by atoms with van der Waals surface area (Å²) in [6.07, 6.45) is 7.48. The maximum Gasteiger partial charge on any atom is 0.235 e. The molecular weight excluding hydrogens is 671 g/mol. The summed E-state index contributed by atoms with van der Waals surface area (Å²) in [5.41, 5.74) is 9.65. The Kier molecular flexibility index (Phi) is 6.63. The van der Waals surface area contributed by atoms with Crippen LogP contribution in [0.1, 0.15) is 24.6 Å². The quantitative estimate of drug-likeness (QED) is 0.183. The van der Waals surface area contributed by atoms with Crippen LogP contribution in [-0.2, 0) is 0 Å². The molecule has 5 heteroatoms. The number of rotatable bonds is 4. The summed E-state index contributed by atoms with van der Waals surface area (Å²) in [7, 11) is 0. The lowest BCUT2D eigenvalue weighted by Crippen LogP contribution is -2.09. The van der Waals surface area contributed by atoms with Gasteiger partial charge in [0.25, 0.3) is 0 Å². The van der Waals surface area contributed by atoms with Crippen LogP contribution in [0.2, 0.25) is 0 Å². The summed E-state index contributed by atoms with van der Waals surface area (Å²) in [6, 6.07) is 48.5. The molecule has 0 bridgehead atoms. The lowest BCUT2D eigenvalue weighted by atomic mass is 9.84. The Morgan fingerprint density at radius 2 is 1.21 bits per heavy atom. The highest BCUT2D eigenvalue weighted by atomic mass is 32.1. The second kappa shape index (κ2) is 11.6. The van der Waals surface area contributed by atoms with Crippen LogP contribution in [0.15, 0.2) is 152 Å². The molecule has 4 heterocycles. The molecule has 52 heavy (non-hydrogen) atoms. The number of aromatic nitrogens is 3. The first-order valence-electron chi connectivity index (χ1n) is 17.8. The fourth-order valence-corrected chi connectivity index (χ4v) is 10.8. The van der Waals surface area contributed by atoms with Gasteiger partial charge in [-0.05, 0) is 76.6 Å². The smallest absolute Gasteiger partial charge is 0.235 e. The number of nitrogens with zero attached hydrogens (tertiary/aromatic N) is 3. The minimum atomic E-state index is 0.310. The summed E-state index contributed by atoms with van der Waals surface area (Å²) in [5.74, 6) is 1.01. The number of thiophene rings is 2. The van der Waals surface area contributed by atoms with E-state index in [4.69, 9.17) is 9.97 Å². The molecule has 4 aromatic heterocycles. The Morgan fingerprint density at radius 3 is 1.96 bits per heavy atom. The van der Waals surface area contributed by atoms with E-state index >= 15 is 0 Å². The Morgan fingerprint density at radius 1 is 0.577 bits per heavy atom. The van der Waals surface area contributed by atoms with E-state index in [1.807, 2.05) is 28.9 Å². The molecule has 1 atom stereocenters. The van der Waals surface area contributed by atoms with Crippen molar-refractivity contribution in [2.75, 3.05) is 0 Å². The van der Waals surface area contributed by atoms with Crippen LogP contribution in [0.5, 0.6) is 0 Å². The summed E-state index contributed by atoms with van der Waals surface area (Å²) < 4.78 is 7.60. The SMILES string of the molecule is CC1CC(c2cccc3c2sc2ccccc23)=CC=C1c1ccnc(-n2c3ccccc3c3cc(-c4cccc5c4sc4ccccc45)ccc32)n1. The number of benzene rings is 6. The van der Waals surface area contributed by atoms with Crippen molar-refractivity contribution in [2.24, 2.45) is 5.92 Å². The van der Waals surface area contributed by atoms with E-state index < -0.39 is 0 Å². The standard InChI is InChI=1S/C47H31N3S2/c1-28-26-29(32-13-8-15-37-35-11-3-6-18-43(35)51-45(32)37)20-22-31(28)40-24-25-48-47(49-40)50-41-17-5-2-10-34(41)39-27-30(21-23-42(39)50)33-14-9-16-38-36-12-4-7-19-44(36)52-46(33)38/h2-25,27-28H,26H2,1H3. The highest BCUT2D eigenvalue weighted by molar-refractivity contribution is 7.26. The zero-order valence-electron chi connectivity index (χ0n) is 28.4. The van der Waals surface area contributed by atoms with E-state index in [1.165, 1.54) is 79.0 Å². The van der Waals surface area contributed by atoms with E-state index in [9.17, 15) is 0 Å². The molecule has 0 saturated heterocycles. The molecule has 1 unspecified atom stereocenters. The first kappa shape index (κ1) is 29.8. The van der Waals surface area contributed by atoms with E-state index in [2.05, 4.69) is 157 Å². The number of fused-ring (bicyclic) bond motifs is 9. The fourth-order valence-electron chi connectivity index (χ4n) is 8.35. The third-order valence-corrected chi connectivity index (χ3v) is 13.2. The van der Waals surface area contributed by atoms with Gasteiger partial charge < -0.3 is 0 Å². The Bertz CT molecular complexity index is 3140. The predicted octanol–water partition coefficient (Wildman–Crippen LogP) is 13.5. The van der Waals surface area contributed by atoms with Crippen molar-refractivity contribution in [3.05, 3.63) is 163 Å². The van der Waals surface area contributed by atoms with Crippen molar-refractivity contribution in [1.82, 2.24) is 14.5 Å². The largest absolute Gasteiger partial charge is 0.278 e. The lowest BCUT2D eigenvalue weighted by Gasteiger charge is -2.22. The van der Waals surface area contributed by atoms with Gasteiger partial charge in [0, 0.05) is 57.3 Å². The van der Waals surface area contributed by atoms with Crippen molar-refractivity contribution in [2.45, 2.75) is 13.3 Å². The molecule has 1 aliphatic rings. The number of para-hydroxylation sites is 1. The molecule has 6 aromatic carbocycles. The van der Waals surface area contributed by atoms with E-state index in [-0.39, 0.29) is 0 Å². The van der Waals surface area contributed by atoms with Crippen LogP contribution in [0.25, 0.3) is 90.4 Å². The number of hydrogen-bond donors (Lipinski definition) is 0. The van der Waals surface area contributed by atoms with Crippen molar-refractivity contribution in [1.29, 1.82) is 0 Å². The van der Waals surface area contributed by atoms with Crippen LogP contribution < -0.4 is 0 Å². The van der Waals surface area contributed by atoms with Gasteiger partial charge in [0.15, 0.2) is 0 Å². The summed E-state index contributed by atoms with van der Waals surface area (Å²) in [5, 5.41) is 7.72. The van der Waals surface area contributed by atoms with Crippen molar-refractivity contribution >= 4 is 96.0 Å². The third kappa shape index (κ3) is 4.49. The molecule has 0 fully saturated rings. The van der Waals surface area contributed by atoms with Gasteiger partial charge in [0.2, 0.25) is 5.95 Å². The van der Waals surface area contributed by atoms with Crippen LogP contribution in [0.3, 0.4) is 0 Å². The van der Waals surface area contributed by atoms with Gasteiger partial charge in [0.05, 0.1) is 16.7 Å². The Hall–Kier alpha value is -5.88. The topological polar surface area (TPSA) is 30.7 Å². The highest BCUT2D eigenvalue weighted by Gasteiger charge is 2.22. The van der Waals surface area contributed by atoms with Crippen LogP contribution in [0.4, 0.5) is 0 Å². The van der Waals surface area contributed by atoms with Crippen LogP contribution in [0, 0.1) is 5.92 Å². The third-order valence-electron chi connectivity index (χ3n) is 10.8. The van der Waals surface area contributed by atoms with E-state index in [0.717, 1.165) is 23.1 Å². The first-order chi connectivity index (χ1) is 25.7. The van der Waals surface area contributed by atoms with Gasteiger partial charge in [-0.15, -0.1) is 22.7 Å². The maximum absolute atomic E-state index is 5.27. The average Bonchev–Trinajstić information content (AvgIpc) is 3.87. The molecule has 0 radical (unpaired) electrons. The zero-order valence-corrected chi connectivity index (χ0v) is 30.0. The number of hydrogen-bond acceptors (Lipinski definition) is 4. The molecule has 0 saturated carbocycles. The highest BCUT2D eigenvalue weighted by Crippen LogP contribution is 2.44. The van der Waals surface area contributed by atoms with Crippen molar-refractivity contribution < 1.29 is 0 Å². The summed E-state index contributed by atoms with van der Waals surface area (Å²) in [6.45, 7) is 2.32. The average molecular weight is 702 g/mol.